The lowest BCUT2D eigenvalue weighted by Crippen LogP contribution is -2.17. The van der Waals surface area contributed by atoms with Gasteiger partial charge < -0.3 is 5.32 Å². The van der Waals surface area contributed by atoms with Crippen molar-refractivity contribution in [1.82, 2.24) is 20.3 Å². The molecule has 0 aliphatic rings. The van der Waals surface area contributed by atoms with Gasteiger partial charge in [-0.15, -0.1) is 5.10 Å². The normalized spacial score (nSPS) is 12.1. The van der Waals surface area contributed by atoms with Gasteiger partial charge in [0.1, 0.15) is 5.69 Å². The van der Waals surface area contributed by atoms with Gasteiger partial charge in [0.25, 0.3) is 0 Å². The van der Waals surface area contributed by atoms with Gasteiger partial charge in [-0.3, -0.25) is 0 Å². The molecule has 0 radical (unpaired) electrons. The predicted octanol–water partition coefficient (Wildman–Crippen LogP) is 0.553. The zero-order valence-corrected chi connectivity index (χ0v) is 7.18. The Balaban J connectivity index is 3.09. The molecule has 1 N–H and O–H groups in total. The number of rotatable bonds is 2. The molecule has 1 aromatic heterocycles. The molecule has 0 saturated carbocycles. The number of halogens is 3. The third-order valence-electron chi connectivity index (χ3n) is 1.51. The van der Waals surface area contributed by atoms with E-state index in [1.165, 1.54) is 7.05 Å². The summed E-state index contributed by atoms with van der Waals surface area (Å²) in [6.45, 7) is 0.0582. The molecule has 0 saturated heterocycles. The average molecular weight is 194 g/mol. The van der Waals surface area contributed by atoms with E-state index < -0.39 is 11.9 Å². The molecule has 1 rings (SSSR count). The highest BCUT2D eigenvalue weighted by molar-refractivity contribution is 5.13. The van der Waals surface area contributed by atoms with Crippen LogP contribution >= 0.6 is 0 Å². The van der Waals surface area contributed by atoms with E-state index in [1.807, 2.05) is 0 Å². The van der Waals surface area contributed by atoms with Crippen LogP contribution in [0.25, 0.3) is 0 Å². The fourth-order valence-electron chi connectivity index (χ4n) is 1.03. The fraction of sp³-hybridized carbons (Fsp3) is 0.667. The average Bonchev–Trinajstić information content (AvgIpc) is 2.31. The summed E-state index contributed by atoms with van der Waals surface area (Å²) < 4.78 is 37.7. The second-order valence-corrected chi connectivity index (χ2v) is 2.54. The summed E-state index contributed by atoms with van der Waals surface area (Å²) in [6, 6.07) is 0. The summed E-state index contributed by atoms with van der Waals surface area (Å²) >= 11 is 0. The molecule has 0 spiro atoms. The number of nitrogens with zero attached hydrogens (tertiary/aromatic N) is 3. The first-order chi connectivity index (χ1) is 5.96. The van der Waals surface area contributed by atoms with Gasteiger partial charge in [-0.1, -0.05) is 5.21 Å². The number of aromatic nitrogens is 3. The van der Waals surface area contributed by atoms with Crippen LogP contribution in [0.4, 0.5) is 13.2 Å². The van der Waals surface area contributed by atoms with E-state index in [0.29, 0.717) is 0 Å². The molecule has 0 aromatic carbocycles. The Kier molecular flexibility index (Phi) is 2.55. The van der Waals surface area contributed by atoms with E-state index in [-0.39, 0.29) is 12.2 Å². The van der Waals surface area contributed by atoms with Crippen molar-refractivity contribution in [2.75, 3.05) is 7.05 Å². The van der Waals surface area contributed by atoms with Crippen LogP contribution in [-0.2, 0) is 19.8 Å². The smallest absolute Gasteiger partial charge is 0.314 e. The topological polar surface area (TPSA) is 42.7 Å². The van der Waals surface area contributed by atoms with Crippen molar-refractivity contribution in [2.24, 2.45) is 7.05 Å². The predicted molar refractivity (Wildman–Crippen MR) is 38.8 cm³/mol. The molecular weight excluding hydrogens is 185 g/mol. The van der Waals surface area contributed by atoms with Crippen molar-refractivity contribution in [3.8, 4) is 0 Å². The molecule has 0 aliphatic carbocycles. The number of nitrogens with one attached hydrogen (secondary N) is 1. The monoisotopic (exact) mass is 194 g/mol. The van der Waals surface area contributed by atoms with E-state index >= 15 is 0 Å². The lowest BCUT2D eigenvalue weighted by Gasteiger charge is -2.07. The SMILES string of the molecule is CNCc1nnn(C)c1C(F)(F)F. The van der Waals surface area contributed by atoms with Crippen LogP contribution in [0.5, 0.6) is 0 Å². The van der Waals surface area contributed by atoms with Gasteiger partial charge in [-0.2, -0.15) is 13.2 Å². The van der Waals surface area contributed by atoms with Crippen LogP contribution in [0.1, 0.15) is 11.4 Å². The maximum absolute atomic E-state index is 12.3. The minimum atomic E-state index is -4.40. The lowest BCUT2D eigenvalue weighted by molar-refractivity contribution is -0.144. The van der Waals surface area contributed by atoms with Crippen molar-refractivity contribution < 1.29 is 13.2 Å². The maximum Gasteiger partial charge on any atom is 0.434 e. The summed E-state index contributed by atoms with van der Waals surface area (Å²) in [5, 5.41) is 9.30. The van der Waals surface area contributed by atoms with Crippen LogP contribution in [0, 0.1) is 0 Å². The number of aryl methyl sites for hydroxylation is 1. The maximum atomic E-state index is 12.3. The first kappa shape index (κ1) is 9.97. The zero-order chi connectivity index (χ0) is 10.1. The highest BCUT2D eigenvalue weighted by Crippen LogP contribution is 2.30. The van der Waals surface area contributed by atoms with Crippen molar-refractivity contribution >= 4 is 0 Å². The second kappa shape index (κ2) is 3.33. The lowest BCUT2D eigenvalue weighted by atomic mass is 10.3. The Hall–Kier alpha value is -1.11. The summed E-state index contributed by atoms with van der Waals surface area (Å²) in [5.74, 6) is 0. The van der Waals surface area contributed by atoms with Gasteiger partial charge in [-0.05, 0) is 7.05 Å². The summed E-state index contributed by atoms with van der Waals surface area (Å²) in [4.78, 5) is 0. The van der Waals surface area contributed by atoms with Crippen LogP contribution < -0.4 is 5.32 Å². The van der Waals surface area contributed by atoms with E-state index in [2.05, 4.69) is 15.6 Å². The van der Waals surface area contributed by atoms with Crippen LogP contribution in [0.2, 0.25) is 0 Å². The summed E-state index contributed by atoms with van der Waals surface area (Å²) in [6.07, 6.45) is -4.40. The summed E-state index contributed by atoms with van der Waals surface area (Å²) in [7, 11) is 2.77. The van der Waals surface area contributed by atoms with E-state index in [1.54, 1.807) is 7.05 Å². The van der Waals surface area contributed by atoms with Gasteiger partial charge in [0, 0.05) is 13.6 Å². The van der Waals surface area contributed by atoms with E-state index in [9.17, 15) is 13.2 Å². The molecule has 0 unspecified atom stereocenters. The Morgan fingerprint density at radius 3 is 2.54 bits per heavy atom. The molecule has 0 bridgehead atoms. The Morgan fingerprint density at radius 2 is 2.08 bits per heavy atom. The molecule has 1 heterocycles. The van der Waals surface area contributed by atoms with Gasteiger partial charge in [-0.25, -0.2) is 4.68 Å². The third kappa shape index (κ3) is 1.97. The highest BCUT2D eigenvalue weighted by Gasteiger charge is 2.38. The zero-order valence-electron chi connectivity index (χ0n) is 7.18. The molecule has 0 amide bonds. The van der Waals surface area contributed by atoms with Gasteiger partial charge >= 0.3 is 6.18 Å². The van der Waals surface area contributed by atoms with Crippen LogP contribution in [0.3, 0.4) is 0 Å². The molecular formula is C6H9F3N4. The number of hydrogen-bond acceptors (Lipinski definition) is 3. The third-order valence-corrected chi connectivity index (χ3v) is 1.51. The van der Waals surface area contributed by atoms with E-state index in [0.717, 1.165) is 4.68 Å². The standard InChI is InChI=1S/C6H9F3N4/c1-10-3-4-5(6(7,8)9)13(2)12-11-4/h10H,3H2,1-2H3. The Morgan fingerprint density at radius 1 is 1.46 bits per heavy atom. The van der Waals surface area contributed by atoms with Gasteiger partial charge in [0.15, 0.2) is 5.69 Å². The highest BCUT2D eigenvalue weighted by atomic mass is 19.4. The van der Waals surface area contributed by atoms with Crippen molar-refractivity contribution in [3.05, 3.63) is 11.4 Å². The Bertz CT molecular complexity index is 291. The molecule has 0 aliphatic heterocycles. The van der Waals surface area contributed by atoms with Crippen LogP contribution in [-0.4, -0.2) is 22.0 Å². The molecule has 13 heavy (non-hydrogen) atoms. The fourth-order valence-corrected chi connectivity index (χ4v) is 1.03. The first-order valence-electron chi connectivity index (χ1n) is 3.57. The molecule has 0 atom stereocenters. The first-order valence-corrected chi connectivity index (χ1v) is 3.57. The van der Waals surface area contributed by atoms with Crippen LogP contribution in [0.15, 0.2) is 0 Å². The van der Waals surface area contributed by atoms with Gasteiger partial charge in [0.2, 0.25) is 0 Å². The molecule has 4 nitrogen and oxygen atoms in total. The number of alkyl halides is 3. The quantitative estimate of drug-likeness (QED) is 0.747. The van der Waals surface area contributed by atoms with E-state index in [4.69, 9.17) is 0 Å². The van der Waals surface area contributed by atoms with Gasteiger partial charge in [0.05, 0.1) is 0 Å². The van der Waals surface area contributed by atoms with Crippen molar-refractivity contribution in [3.63, 3.8) is 0 Å². The second-order valence-electron chi connectivity index (χ2n) is 2.54. The Labute approximate surface area is 72.7 Å². The van der Waals surface area contributed by atoms with Crippen molar-refractivity contribution in [1.29, 1.82) is 0 Å². The molecule has 74 valence electrons. The summed E-state index contributed by atoms with van der Waals surface area (Å²) in [5.41, 5.74) is -0.889. The van der Waals surface area contributed by atoms with Crippen molar-refractivity contribution in [2.45, 2.75) is 12.7 Å². The molecule has 0 fully saturated rings. The molecule has 1 aromatic rings. The largest absolute Gasteiger partial charge is 0.434 e. The molecule has 7 heteroatoms. The minimum absolute atomic E-state index is 0.0582. The minimum Gasteiger partial charge on any atom is -0.314 e. The number of hydrogen-bond donors (Lipinski definition) is 1.